The molecule has 6 unspecified atom stereocenters. The molecule has 1 aliphatic heterocycles. The Morgan fingerprint density at radius 1 is 1.10 bits per heavy atom. The summed E-state index contributed by atoms with van der Waals surface area (Å²) in [4.78, 5) is 37.2. The fourth-order valence-corrected chi connectivity index (χ4v) is 5.62. The topological polar surface area (TPSA) is 159 Å². The molecule has 6 atom stereocenters. The SMILES string of the molecule is COc1ccc2c(C(=O)NCC3OC(O)C(NC(=O)CC4CCC(=O)C4)C(O)C3O)cn(Cc3ccccc3)c2c1. The van der Waals surface area contributed by atoms with E-state index in [2.05, 4.69) is 10.6 Å². The zero-order valence-corrected chi connectivity index (χ0v) is 22.7. The normalized spacial score (nSPS) is 26.2. The molecule has 2 aliphatic rings. The number of hydrogen-bond donors (Lipinski definition) is 5. The number of aromatic nitrogens is 1. The van der Waals surface area contributed by atoms with E-state index in [0.717, 1.165) is 11.1 Å². The molecule has 2 amide bonds. The van der Waals surface area contributed by atoms with Gasteiger partial charge in [0, 0.05) is 50.0 Å². The van der Waals surface area contributed by atoms with Gasteiger partial charge in [0.15, 0.2) is 6.29 Å². The van der Waals surface area contributed by atoms with Crippen LogP contribution in [0.15, 0.2) is 54.7 Å². The van der Waals surface area contributed by atoms with Gasteiger partial charge >= 0.3 is 0 Å². The van der Waals surface area contributed by atoms with Crippen LogP contribution in [0.5, 0.6) is 5.75 Å². The molecule has 0 radical (unpaired) electrons. The Bertz CT molecular complexity index is 1410. The van der Waals surface area contributed by atoms with Crippen molar-refractivity contribution in [1.82, 2.24) is 15.2 Å². The third kappa shape index (κ3) is 6.43. The number of hydrogen-bond acceptors (Lipinski definition) is 8. The van der Waals surface area contributed by atoms with Crippen molar-refractivity contribution in [3.63, 3.8) is 0 Å². The number of Topliss-reactive ketones (excluding diaryl/α,β-unsaturated/α-hetero) is 1. The summed E-state index contributed by atoms with van der Waals surface area (Å²) in [5, 5.41) is 37.8. The first-order valence-electron chi connectivity index (χ1n) is 13.7. The number of rotatable bonds is 9. The predicted molar refractivity (Wildman–Crippen MR) is 148 cm³/mol. The van der Waals surface area contributed by atoms with Crippen molar-refractivity contribution >= 4 is 28.5 Å². The predicted octanol–water partition coefficient (Wildman–Crippen LogP) is 1.11. The number of ketones is 1. The second-order valence-corrected chi connectivity index (χ2v) is 10.7. The zero-order chi connectivity index (χ0) is 29.1. The van der Waals surface area contributed by atoms with Gasteiger partial charge in [0.2, 0.25) is 5.91 Å². The number of aliphatic hydroxyl groups excluding tert-OH is 3. The highest BCUT2D eigenvalue weighted by Gasteiger charge is 2.44. The Kier molecular flexibility index (Phi) is 8.69. The lowest BCUT2D eigenvalue weighted by Crippen LogP contribution is -2.65. The van der Waals surface area contributed by atoms with Gasteiger partial charge in [-0.2, -0.15) is 0 Å². The number of benzene rings is 2. The molecule has 0 spiro atoms. The number of methoxy groups -OCH3 is 1. The molecular weight excluding hydrogens is 530 g/mol. The van der Waals surface area contributed by atoms with Crippen LogP contribution in [0.25, 0.3) is 10.9 Å². The Hall–Kier alpha value is -3.77. The maximum atomic E-state index is 13.3. The van der Waals surface area contributed by atoms with Crippen molar-refractivity contribution in [2.75, 3.05) is 13.7 Å². The molecule has 2 fully saturated rings. The van der Waals surface area contributed by atoms with Crippen LogP contribution in [0.1, 0.15) is 41.6 Å². The van der Waals surface area contributed by atoms with E-state index in [9.17, 15) is 29.7 Å². The van der Waals surface area contributed by atoms with Crippen molar-refractivity contribution in [1.29, 1.82) is 0 Å². The number of carbonyl (C=O) groups is 3. The van der Waals surface area contributed by atoms with E-state index in [1.165, 1.54) is 0 Å². The highest BCUT2D eigenvalue weighted by atomic mass is 16.6. The Balaban J connectivity index is 1.24. The van der Waals surface area contributed by atoms with Crippen LogP contribution in [-0.4, -0.2) is 81.8 Å². The average molecular weight is 566 g/mol. The van der Waals surface area contributed by atoms with Gasteiger partial charge in [0.05, 0.1) is 18.2 Å². The molecule has 5 rings (SSSR count). The number of ether oxygens (including phenoxy) is 2. The van der Waals surface area contributed by atoms with Gasteiger partial charge in [-0.15, -0.1) is 0 Å². The Labute approximate surface area is 237 Å². The van der Waals surface area contributed by atoms with E-state index in [0.29, 0.717) is 42.5 Å². The van der Waals surface area contributed by atoms with Crippen LogP contribution in [0.3, 0.4) is 0 Å². The van der Waals surface area contributed by atoms with Crippen molar-refractivity contribution in [3.05, 3.63) is 65.9 Å². The second kappa shape index (κ2) is 12.4. The second-order valence-electron chi connectivity index (χ2n) is 10.7. The molecular formula is C30H35N3O8. The summed E-state index contributed by atoms with van der Waals surface area (Å²) >= 11 is 0. The van der Waals surface area contributed by atoms with Crippen LogP contribution >= 0.6 is 0 Å². The first-order valence-corrected chi connectivity index (χ1v) is 13.7. The maximum absolute atomic E-state index is 13.3. The third-order valence-corrected chi connectivity index (χ3v) is 7.86. The minimum atomic E-state index is -1.61. The minimum Gasteiger partial charge on any atom is -0.497 e. The van der Waals surface area contributed by atoms with Crippen molar-refractivity contribution < 1.29 is 39.2 Å². The number of nitrogens with one attached hydrogen (secondary N) is 2. The fraction of sp³-hybridized carbons (Fsp3) is 0.433. The number of amides is 2. The standard InChI is InChI=1S/C30H35N3O8/c1-40-20-9-10-21-22(16-33(23(21)13-20)15-17-5-3-2-4-6-17)29(38)31-14-24-27(36)28(37)26(30(39)41-24)32-25(35)12-18-7-8-19(34)11-18/h2-6,9-10,13,16,18,24,26-28,30,36-37,39H,7-8,11-12,14-15H2,1H3,(H,31,38)(H,32,35). The van der Waals surface area contributed by atoms with Gasteiger partial charge in [0.25, 0.3) is 5.91 Å². The molecule has 1 aromatic heterocycles. The van der Waals surface area contributed by atoms with Crippen LogP contribution < -0.4 is 15.4 Å². The van der Waals surface area contributed by atoms with Gasteiger partial charge in [-0.1, -0.05) is 30.3 Å². The molecule has 5 N–H and O–H groups in total. The van der Waals surface area contributed by atoms with Crippen LogP contribution in [0.4, 0.5) is 0 Å². The summed E-state index contributed by atoms with van der Waals surface area (Å²) in [5.41, 5.74) is 2.26. The summed E-state index contributed by atoms with van der Waals surface area (Å²) < 4.78 is 12.8. The monoisotopic (exact) mass is 565 g/mol. The summed E-state index contributed by atoms with van der Waals surface area (Å²) in [6.45, 7) is 0.339. The van der Waals surface area contributed by atoms with Gasteiger partial charge in [-0.05, 0) is 30.0 Å². The van der Waals surface area contributed by atoms with E-state index < -0.39 is 42.5 Å². The first-order chi connectivity index (χ1) is 19.7. The molecule has 2 heterocycles. The van der Waals surface area contributed by atoms with Crippen molar-refractivity contribution in [2.24, 2.45) is 5.92 Å². The van der Waals surface area contributed by atoms with E-state index >= 15 is 0 Å². The van der Waals surface area contributed by atoms with Gasteiger partial charge in [0.1, 0.15) is 35.9 Å². The molecule has 1 saturated heterocycles. The van der Waals surface area contributed by atoms with Gasteiger partial charge in [-0.3, -0.25) is 14.4 Å². The van der Waals surface area contributed by atoms with E-state index in [1.807, 2.05) is 41.0 Å². The largest absolute Gasteiger partial charge is 0.497 e. The average Bonchev–Trinajstić information content (AvgIpc) is 3.54. The van der Waals surface area contributed by atoms with Crippen LogP contribution in [0.2, 0.25) is 0 Å². The highest BCUT2D eigenvalue weighted by molar-refractivity contribution is 6.07. The number of aliphatic hydroxyl groups is 3. The first kappa shape index (κ1) is 28.7. The third-order valence-electron chi connectivity index (χ3n) is 7.86. The smallest absolute Gasteiger partial charge is 0.253 e. The Morgan fingerprint density at radius 2 is 1.88 bits per heavy atom. The number of carbonyl (C=O) groups excluding carboxylic acids is 3. The number of nitrogens with zero attached hydrogens (tertiary/aromatic N) is 1. The molecule has 1 aliphatic carbocycles. The summed E-state index contributed by atoms with van der Waals surface area (Å²) in [6, 6.07) is 14.0. The van der Waals surface area contributed by atoms with Crippen LogP contribution in [0, 0.1) is 5.92 Å². The van der Waals surface area contributed by atoms with Gasteiger partial charge < -0.3 is 40.0 Å². The minimum absolute atomic E-state index is 0.0751. The van der Waals surface area contributed by atoms with E-state index in [-0.39, 0.29) is 24.7 Å². The summed E-state index contributed by atoms with van der Waals surface area (Å²) in [7, 11) is 1.57. The van der Waals surface area contributed by atoms with Crippen LogP contribution in [-0.2, 0) is 20.9 Å². The molecule has 1 saturated carbocycles. The lowest BCUT2D eigenvalue weighted by Gasteiger charge is -2.41. The van der Waals surface area contributed by atoms with Crippen molar-refractivity contribution in [3.8, 4) is 5.75 Å². The molecule has 2 aromatic carbocycles. The molecule has 11 nitrogen and oxygen atoms in total. The highest BCUT2D eigenvalue weighted by Crippen LogP contribution is 2.28. The lowest BCUT2D eigenvalue weighted by molar-refractivity contribution is -0.245. The lowest BCUT2D eigenvalue weighted by atomic mass is 9.95. The molecule has 41 heavy (non-hydrogen) atoms. The fourth-order valence-electron chi connectivity index (χ4n) is 5.62. The van der Waals surface area contributed by atoms with Crippen molar-refractivity contribution in [2.45, 2.75) is 62.9 Å². The van der Waals surface area contributed by atoms with E-state index in [1.54, 1.807) is 25.4 Å². The van der Waals surface area contributed by atoms with E-state index in [4.69, 9.17) is 9.47 Å². The van der Waals surface area contributed by atoms with Gasteiger partial charge in [-0.25, -0.2) is 0 Å². The summed E-state index contributed by atoms with van der Waals surface area (Å²) in [5.74, 6) is -0.178. The quantitative estimate of drug-likeness (QED) is 0.258. The molecule has 0 bridgehead atoms. The summed E-state index contributed by atoms with van der Waals surface area (Å²) in [6.07, 6.45) is -2.50. The maximum Gasteiger partial charge on any atom is 0.253 e. The number of fused-ring (bicyclic) bond motifs is 1. The molecule has 218 valence electrons. The zero-order valence-electron chi connectivity index (χ0n) is 22.7. The Morgan fingerprint density at radius 3 is 2.59 bits per heavy atom. The molecule has 11 heteroatoms. The molecule has 3 aromatic rings.